The molecule has 7 rings (SSSR count). The van der Waals surface area contributed by atoms with Crippen molar-refractivity contribution in [2.24, 2.45) is 0 Å². The zero-order valence-corrected chi connectivity index (χ0v) is 24.8. The SMILES string of the molecule is CCCCc1c2cc3ccccc3cc2c(CCCC)c2c(-c3ccccc3)c3cccc(-c4ccccc4)c3cc12. The van der Waals surface area contributed by atoms with Crippen LogP contribution in [0.5, 0.6) is 0 Å². The quantitative estimate of drug-likeness (QED) is 0.168. The lowest BCUT2D eigenvalue weighted by atomic mass is 9.80. The number of rotatable bonds is 8. The van der Waals surface area contributed by atoms with Gasteiger partial charge >= 0.3 is 0 Å². The number of hydrogen-bond donors (Lipinski definition) is 0. The molecule has 0 unspecified atom stereocenters. The normalized spacial score (nSPS) is 11.7. The van der Waals surface area contributed by atoms with Gasteiger partial charge in [-0.15, -0.1) is 0 Å². The highest BCUT2D eigenvalue weighted by atomic mass is 14.2. The van der Waals surface area contributed by atoms with E-state index in [1.54, 1.807) is 0 Å². The van der Waals surface area contributed by atoms with E-state index in [1.165, 1.54) is 102 Å². The van der Waals surface area contributed by atoms with Crippen molar-refractivity contribution in [1.82, 2.24) is 0 Å². The van der Waals surface area contributed by atoms with Crippen LogP contribution in [0.2, 0.25) is 0 Å². The van der Waals surface area contributed by atoms with E-state index in [1.807, 2.05) is 0 Å². The van der Waals surface area contributed by atoms with Gasteiger partial charge in [-0.1, -0.05) is 130 Å². The average Bonchev–Trinajstić information content (AvgIpc) is 3.05. The highest BCUT2D eigenvalue weighted by molar-refractivity contribution is 6.22. The summed E-state index contributed by atoms with van der Waals surface area (Å²) in [7, 11) is 0. The van der Waals surface area contributed by atoms with Gasteiger partial charge in [-0.2, -0.15) is 0 Å². The maximum atomic E-state index is 2.55. The molecule has 0 aliphatic carbocycles. The Morgan fingerprint density at radius 2 is 1.00 bits per heavy atom. The van der Waals surface area contributed by atoms with Gasteiger partial charge in [0.2, 0.25) is 0 Å². The third-order valence-electron chi connectivity index (χ3n) is 9.05. The second-order valence-corrected chi connectivity index (χ2v) is 11.7. The molecule has 0 bridgehead atoms. The van der Waals surface area contributed by atoms with E-state index in [-0.39, 0.29) is 0 Å². The Morgan fingerprint density at radius 1 is 0.429 bits per heavy atom. The van der Waals surface area contributed by atoms with Crippen LogP contribution in [-0.4, -0.2) is 0 Å². The standard InChI is InChI=1S/C42H38/c1-3-5-22-34-37-26-31-20-13-14-21-32(31)27-38(37)36(23-6-4-2)42-40(34)28-39-33(29-16-9-7-10-17-29)24-15-25-35(39)41(42)30-18-11-8-12-19-30/h7-21,24-28H,3-6,22-23H2,1-2H3. The van der Waals surface area contributed by atoms with E-state index in [0.29, 0.717) is 0 Å². The Hall–Kier alpha value is -4.42. The molecule has 0 nitrogen and oxygen atoms in total. The van der Waals surface area contributed by atoms with Crippen LogP contribution >= 0.6 is 0 Å². The van der Waals surface area contributed by atoms with Crippen LogP contribution in [0.1, 0.15) is 50.7 Å². The zero-order valence-electron chi connectivity index (χ0n) is 24.8. The smallest absolute Gasteiger partial charge is 0.00235 e. The predicted octanol–water partition coefficient (Wildman–Crippen LogP) is 12.3. The fourth-order valence-electron chi connectivity index (χ4n) is 7.01. The summed E-state index contributed by atoms with van der Waals surface area (Å²) in [6, 6.07) is 45.4. The van der Waals surface area contributed by atoms with Crippen molar-refractivity contribution in [2.75, 3.05) is 0 Å². The van der Waals surface area contributed by atoms with E-state index in [2.05, 4.69) is 135 Å². The molecule has 0 heteroatoms. The molecule has 0 atom stereocenters. The van der Waals surface area contributed by atoms with Crippen LogP contribution in [0.4, 0.5) is 0 Å². The van der Waals surface area contributed by atoms with E-state index >= 15 is 0 Å². The molecule has 0 amide bonds. The molecule has 0 saturated carbocycles. The van der Waals surface area contributed by atoms with Crippen molar-refractivity contribution in [3.05, 3.63) is 132 Å². The summed E-state index contributed by atoms with van der Waals surface area (Å²) in [5.41, 5.74) is 8.29. The summed E-state index contributed by atoms with van der Waals surface area (Å²) in [5, 5.41) is 11.1. The van der Waals surface area contributed by atoms with Crippen molar-refractivity contribution in [2.45, 2.75) is 52.4 Å². The Labute approximate surface area is 249 Å². The minimum atomic E-state index is 1.08. The van der Waals surface area contributed by atoms with Crippen molar-refractivity contribution in [3.63, 3.8) is 0 Å². The Bertz CT molecular complexity index is 2030. The van der Waals surface area contributed by atoms with E-state index in [9.17, 15) is 0 Å². The van der Waals surface area contributed by atoms with E-state index in [4.69, 9.17) is 0 Å². The Kier molecular flexibility index (Phi) is 7.22. The van der Waals surface area contributed by atoms with Gasteiger partial charge in [0.05, 0.1) is 0 Å². The molecule has 206 valence electrons. The Morgan fingerprint density at radius 3 is 1.64 bits per heavy atom. The lowest BCUT2D eigenvalue weighted by Crippen LogP contribution is -2.00. The number of fused-ring (bicyclic) bond motifs is 4. The molecule has 7 aromatic rings. The summed E-state index contributed by atoms with van der Waals surface area (Å²) in [6.45, 7) is 4.63. The molecule has 0 aliphatic rings. The molecule has 0 aromatic heterocycles. The lowest BCUT2D eigenvalue weighted by Gasteiger charge is -2.23. The average molecular weight is 543 g/mol. The monoisotopic (exact) mass is 542 g/mol. The van der Waals surface area contributed by atoms with Crippen LogP contribution in [0.15, 0.2) is 121 Å². The summed E-state index contributed by atoms with van der Waals surface area (Å²) in [5.74, 6) is 0. The first-order valence-corrected chi connectivity index (χ1v) is 15.7. The summed E-state index contributed by atoms with van der Waals surface area (Å²) in [6.07, 6.45) is 6.90. The molecule has 0 radical (unpaired) electrons. The molecule has 0 saturated heterocycles. The second-order valence-electron chi connectivity index (χ2n) is 11.7. The van der Waals surface area contributed by atoms with Gasteiger partial charge in [0, 0.05) is 0 Å². The third-order valence-corrected chi connectivity index (χ3v) is 9.05. The molecule has 0 N–H and O–H groups in total. The Balaban J connectivity index is 1.74. The fourth-order valence-corrected chi connectivity index (χ4v) is 7.01. The minimum absolute atomic E-state index is 1.08. The van der Waals surface area contributed by atoms with Crippen LogP contribution in [0.3, 0.4) is 0 Å². The highest BCUT2D eigenvalue weighted by Crippen LogP contribution is 2.46. The van der Waals surface area contributed by atoms with E-state index in [0.717, 1.165) is 12.8 Å². The van der Waals surface area contributed by atoms with Gasteiger partial charge < -0.3 is 0 Å². The van der Waals surface area contributed by atoms with E-state index < -0.39 is 0 Å². The topological polar surface area (TPSA) is 0 Å². The maximum absolute atomic E-state index is 2.55. The first-order chi connectivity index (χ1) is 20.8. The minimum Gasteiger partial charge on any atom is -0.0654 e. The number of unbranched alkanes of at least 4 members (excludes halogenated alkanes) is 2. The van der Waals surface area contributed by atoms with Crippen LogP contribution in [0, 0.1) is 0 Å². The van der Waals surface area contributed by atoms with Gasteiger partial charge in [0.25, 0.3) is 0 Å². The van der Waals surface area contributed by atoms with Gasteiger partial charge in [-0.3, -0.25) is 0 Å². The number of hydrogen-bond acceptors (Lipinski definition) is 0. The molecule has 42 heavy (non-hydrogen) atoms. The highest BCUT2D eigenvalue weighted by Gasteiger charge is 2.21. The largest absolute Gasteiger partial charge is 0.0654 e. The zero-order chi connectivity index (χ0) is 28.5. The lowest BCUT2D eigenvalue weighted by molar-refractivity contribution is 0.798. The van der Waals surface area contributed by atoms with Crippen molar-refractivity contribution in [3.8, 4) is 22.3 Å². The van der Waals surface area contributed by atoms with Gasteiger partial charge in [0.1, 0.15) is 0 Å². The molecule has 0 spiro atoms. The fraction of sp³-hybridized carbons (Fsp3) is 0.190. The number of benzene rings is 7. The van der Waals surface area contributed by atoms with Gasteiger partial charge in [0.15, 0.2) is 0 Å². The first kappa shape index (κ1) is 26.5. The van der Waals surface area contributed by atoms with Crippen LogP contribution in [-0.2, 0) is 12.8 Å². The van der Waals surface area contributed by atoms with Crippen LogP contribution < -0.4 is 0 Å². The van der Waals surface area contributed by atoms with Crippen molar-refractivity contribution >= 4 is 43.1 Å². The summed E-state index contributed by atoms with van der Waals surface area (Å²) in [4.78, 5) is 0. The summed E-state index contributed by atoms with van der Waals surface area (Å²) >= 11 is 0. The van der Waals surface area contributed by atoms with Crippen LogP contribution in [0.25, 0.3) is 65.3 Å². The van der Waals surface area contributed by atoms with Gasteiger partial charge in [-0.05, 0) is 120 Å². The van der Waals surface area contributed by atoms with Crippen molar-refractivity contribution < 1.29 is 0 Å². The molecule has 0 heterocycles. The molecule has 7 aromatic carbocycles. The first-order valence-electron chi connectivity index (χ1n) is 15.7. The molecular formula is C42H38. The second kappa shape index (κ2) is 11.5. The third kappa shape index (κ3) is 4.56. The predicted molar refractivity (Wildman–Crippen MR) is 185 cm³/mol. The van der Waals surface area contributed by atoms with Gasteiger partial charge in [-0.25, -0.2) is 0 Å². The summed E-state index contributed by atoms with van der Waals surface area (Å²) < 4.78 is 0. The molecule has 0 aliphatic heterocycles. The number of aryl methyl sites for hydroxylation is 2. The van der Waals surface area contributed by atoms with Crippen molar-refractivity contribution in [1.29, 1.82) is 0 Å². The molecule has 0 fully saturated rings. The maximum Gasteiger partial charge on any atom is -0.00235 e. The molecular weight excluding hydrogens is 504 g/mol.